The third kappa shape index (κ3) is 5.07. The monoisotopic (exact) mass is 387 g/mol. The summed E-state index contributed by atoms with van der Waals surface area (Å²) in [5, 5.41) is 5.32. The number of anilines is 1. The van der Waals surface area contributed by atoms with Crippen LogP contribution in [0.5, 0.6) is 0 Å². The van der Waals surface area contributed by atoms with Gasteiger partial charge >= 0.3 is 6.09 Å². The van der Waals surface area contributed by atoms with E-state index in [2.05, 4.69) is 10.3 Å². The Kier molecular flexibility index (Phi) is 5.79. The summed E-state index contributed by atoms with van der Waals surface area (Å²) >= 11 is 1.38. The molecule has 27 heavy (non-hydrogen) atoms. The van der Waals surface area contributed by atoms with Crippen molar-refractivity contribution in [2.24, 2.45) is 0 Å². The fraction of sp³-hybridized carbons (Fsp3) is 0.450. The Morgan fingerprint density at radius 2 is 1.96 bits per heavy atom. The van der Waals surface area contributed by atoms with Crippen LogP contribution in [0, 0.1) is 0 Å². The summed E-state index contributed by atoms with van der Waals surface area (Å²) in [6.07, 6.45) is 1.97. The number of aromatic nitrogens is 1. The van der Waals surface area contributed by atoms with Gasteiger partial charge in [-0.15, -0.1) is 11.3 Å². The number of amides is 2. The molecule has 1 atom stereocenters. The molecule has 2 amide bonds. The Bertz CT molecular complexity index is 798. The Labute approximate surface area is 163 Å². The molecule has 0 saturated carbocycles. The van der Waals surface area contributed by atoms with Crippen LogP contribution in [0.4, 0.5) is 9.93 Å². The molecule has 1 aliphatic rings. The molecular weight excluding hydrogens is 362 g/mol. The maximum Gasteiger partial charge on any atom is 0.410 e. The largest absolute Gasteiger partial charge is 0.444 e. The van der Waals surface area contributed by atoms with Crippen LogP contribution in [0.2, 0.25) is 0 Å². The van der Waals surface area contributed by atoms with E-state index in [9.17, 15) is 9.59 Å². The maximum absolute atomic E-state index is 12.8. The zero-order chi connectivity index (χ0) is 19.4. The number of thiazole rings is 1. The zero-order valence-corrected chi connectivity index (χ0v) is 16.7. The van der Waals surface area contributed by atoms with Crippen molar-refractivity contribution in [3.8, 4) is 11.3 Å². The summed E-state index contributed by atoms with van der Waals surface area (Å²) in [7, 11) is 0. The van der Waals surface area contributed by atoms with E-state index in [1.54, 1.807) is 0 Å². The van der Waals surface area contributed by atoms with Crippen LogP contribution < -0.4 is 5.32 Å². The van der Waals surface area contributed by atoms with E-state index in [4.69, 9.17) is 4.74 Å². The lowest BCUT2D eigenvalue weighted by Crippen LogP contribution is -2.51. The first-order chi connectivity index (χ1) is 12.8. The van der Waals surface area contributed by atoms with Gasteiger partial charge in [-0.2, -0.15) is 0 Å². The number of nitrogens with one attached hydrogen (secondary N) is 1. The molecule has 2 heterocycles. The van der Waals surface area contributed by atoms with Gasteiger partial charge in [0.1, 0.15) is 11.6 Å². The van der Waals surface area contributed by atoms with Crippen LogP contribution in [-0.4, -0.2) is 40.1 Å². The molecule has 0 spiro atoms. The number of benzene rings is 1. The molecule has 3 rings (SSSR count). The first-order valence-corrected chi connectivity index (χ1v) is 10.0. The van der Waals surface area contributed by atoms with Crippen molar-refractivity contribution < 1.29 is 14.3 Å². The fourth-order valence-corrected chi connectivity index (χ4v) is 3.73. The van der Waals surface area contributed by atoms with Gasteiger partial charge in [-0.3, -0.25) is 9.69 Å². The summed E-state index contributed by atoms with van der Waals surface area (Å²) in [5.74, 6) is -0.213. The van der Waals surface area contributed by atoms with Gasteiger partial charge in [0.15, 0.2) is 5.13 Å². The van der Waals surface area contributed by atoms with Crippen molar-refractivity contribution in [2.75, 3.05) is 11.9 Å². The van der Waals surface area contributed by atoms with Crippen molar-refractivity contribution in [3.63, 3.8) is 0 Å². The predicted octanol–water partition coefficient (Wildman–Crippen LogP) is 4.54. The quantitative estimate of drug-likeness (QED) is 0.839. The van der Waals surface area contributed by atoms with Gasteiger partial charge in [0.2, 0.25) is 5.91 Å². The highest BCUT2D eigenvalue weighted by Crippen LogP contribution is 2.26. The topological polar surface area (TPSA) is 71.5 Å². The van der Waals surface area contributed by atoms with E-state index in [0.29, 0.717) is 18.1 Å². The predicted molar refractivity (Wildman–Crippen MR) is 107 cm³/mol. The van der Waals surface area contributed by atoms with Crippen molar-refractivity contribution in [1.29, 1.82) is 0 Å². The number of rotatable bonds is 3. The van der Waals surface area contributed by atoms with E-state index in [-0.39, 0.29) is 5.91 Å². The Morgan fingerprint density at radius 1 is 1.22 bits per heavy atom. The second-order valence-electron chi connectivity index (χ2n) is 7.58. The van der Waals surface area contributed by atoms with Crippen LogP contribution in [0.1, 0.15) is 40.0 Å². The lowest BCUT2D eigenvalue weighted by molar-refractivity contribution is -0.122. The maximum atomic E-state index is 12.8. The Morgan fingerprint density at radius 3 is 2.67 bits per heavy atom. The molecule has 6 nitrogen and oxygen atoms in total. The first-order valence-electron chi connectivity index (χ1n) is 9.15. The van der Waals surface area contributed by atoms with Gasteiger partial charge in [-0.1, -0.05) is 30.3 Å². The third-order valence-corrected chi connectivity index (χ3v) is 5.00. The van der Waals surface area contributed by atoms with Crippen LogP contribution >= 0.6 is 11.3 Å². The van der Waals surface area contributed by atoms with Crippen molar-refractivity contribution in [1.82, 2.24) is 9.88 Å². The smallest absolute Gasteiger partial charge is 0.410 e. The highest BCUT2D eigenvalue weighted by Gasteiger charge is 2.35. The third-order valence-electron chi connectivity index (χ3n) is 4.24. The highest BCUT2D eigenvalue weighted by atomic mass is 32.1. The Balaban J connectivity index is 1.69. The normalized spacial score (nSPS) is 17.4. The van der Waals surface area contributed by atoms with Gasteiger partial charge in [0, 0.05) is 17.5 Å². The van der Waals surface area contributed by atoms with Gasteiger partial charge in [-0.25, -0.2) is 9.78 Å². The number of piperidine rings is 1. The van der Waals surface area contributed by atoms with Crippen LogP contribution in [0.3, 0.4) is 0 Å². The molecule has 1 aliphatic heterocycles. The molecule has 1 unspecified atom stereocenters. The molecule has 0 radical (unpaired) electrons. The van der Waals surface area contributed by atoms with Crippen molar-refractivity contribution in [2.45, 2.75) is 51.7 Å². The fourth-order valence-electron chi connectivity index (χ4n) is 3.00. The van der Waals surface area contributed by atoms with Crippen LogP contribution in [-0.2, 0) is 9.53 Å². The molecule has 1 aromatic heterocycles. The highest BCUT2D eigenvalue weighted by molar-refractivity contribution is 7.14. The van der Waals surface area contributed by atoms with Crippen LogP contribution in [0.25, 0.3) is 11.3 Å². The van der Waals surface area contributed by atoms with E-state index >= 15 is 0 Å². The van der Waals surface area contributed by atoms with Crippen molar-refractivity contribution >= 4 is 28.5 Å². The molecule has 0 aliphatic carbocycles. The van der Waals surface area contributed by atoms with Gasteiger partial charge in [-0.05, 0) is 40.0 Å². The summed E-state index contributed by atoms with van der Waals surface area (Å²) in [6.45, 7) is 6.00. The average molecular weight is 388 g/mol. The molecule has 1 saturated heterocycles. The molecule has 1 aromatic carbocycles. The lowest BCUT2D eigenvalue weighted by Gasteiger charge is -2.35. The summed E-state index contributed by atoms with van der Waals surface area (Å²) in [6, 6.07) is 9.28. The van der Waals surface area contributed by atoms with Gasteiger partial charge in [0.25, 0.3) is 0 Å². The minimum Gasteiger partial charge on any atom is -0.444 e. The van der Waals surface area contributed by atoms with E-state index in [0.717, 1.165) is 24.1 Å². The molecule has 1 N–H and O–H groups in total. The molecule has 2 aromatic rings. The van der Waals surface area contributed by atoms with Crippen molar-refractivity contribution in [3.05, 3.63) is 35.7 Å². The molecule has 1 fully saturated rings. The summed E-state index contributed by atoms with van der Waals surface area (Å²) in [4.78, 5) is 31.3. The number of nitrogens with zero attached hydrogens (tertiary/aromatic N) is 2. The number of ether oxygens (including phenoxy) is 1. The molecular formula is C20H25N3O3S. The average Bonchev–Trinajstić information content (AvgIpc) is 3.09. The second-order valence-corrected chi connectivity index (χ2v) is 8.44. The number of carbonyl (C=O) groups is 2. The molecule has 144 valence electrons. The SMILES string of the molecule is CC(C)(C)OC(=O)N1CCCCC1C(=O)Nc1nc(-c2ccccc2)cs1. The number of carbonyl (C=O) groups excluding carboxylic acids is 2. The summed E-state index contributed by atoms with van der Waals surface area (Å²) < 4.78 is 5.46. The first kappa shape index (κ1) is 19.4. The lowest BCUT2D eigenvalue weighted by atomic mass is 10.0. The van der Waals surface area contributed by atoms with E-state index < -0.39 is 17.7 Å². The number of hydrogen-bond acceptors (Lipinski definition) is 5. The van der Waals surface area contributed by atoms with E-state index in [1.165, 1.54) is 16.2 Å². The molecule has 7 heteroatoms. The minimum atomic E-state index is -0.588. The minimum absolute atomic E-state index is 0.213. The zero-order valence-electron chi connectivity index (χ0n) is 15.9. The number of hydrogen-bond donors (Lipinski definition) is 1. The Hall–Kier alpha value is -2.41. The van der Waals surface area contributed by atoms with Gasteiger partial charge in [0.05, 0.1) is 5.69 Å². The summed E-state index contributed by atoms with van der Waals surface area (Å²) in [5.41, 5.74) is 1.24. The number of likely N-dealkylation sites (tertiary alicyclic amines) is 1. The van der Waals surface area contributed by atoms with Gasteiger partial charge < -0.3 is 10.1 Å². The van der Waals surface area contributed by atoms with E-state index in [1.807, 2.05) is 56.5 Å². The van der Waals surface area contributed by atoms with Crippen LogP contribution in [0.15, 0.2) is 35.7 Å². The standard InChI is InChI=1S/C20H25N3O3S/c1-20(2,3)26-19(25)23-12-8-7-11-16(23)17(24)22-18-21-15(13-27-18)14-9-5-4-6-10-14/h4-6,9-10,13,16H,7-8,11-12H2,1-3H3,(H,21,22,24). The second kappa shape index (κ2) is 8.08. The molecule has 0 bridgehead atoms.